The topological polar surface area (TPSA) is 55.1 Å². The van der Waals surface area contributed by atoms with E-state index >= 15 is 0 Å². The fraction of sp³-hybridized carbons (Fsp3) is 0.235. The van der Waals surface area contributed by atoms with E-state index < -0.39 is 0 Å². The maximum atomic E-state index is 12.0. The van der Waals surface area contributed by atoms with Crippen LogP contribution in [0.5, 0.6) is 0 Å². The molecular formula is C17H20N2O. The van der Waals surface area contributed by atoms with Gasteiger partial charge in [-0.25, -0.2) is 0 Å². The zero-order valence-electron chi connectivity index (χ0n) is 11.9. The summed E-state index contributed by atoms with van der Waals surface area (Å²) in [5, 5.41) is 3.01. The van der Waals surface area contributed by atoms with Crippen LogP contribution >= 0.6 is 0 Å². The lowest BCUT2D eigenvalue weighted by Gasteiger charge is -2.15. The van der Waals surface area contributed by atoms with Crippen LogP contribution in [-0.2, 0) is 11.2 Å². The Kier molecular flexibility index (Phi) is 4.41. The van der Waals surface area contributed by atoms with E-state index in [-0.39, 0.29) is 11.9 Å². The van der Waals surface area contributed by atoms with Crippen molar-refractivity contribution in [2.75, 3.05) is 5.73 Å². The van der Waals surface area contributed by atoms with Crippen molar-refractivity contribution in [3.05, 3.63) is 65.2 Å². The van der Waals surface area contributed by atoms with Gasteiger partial charge in [0.25, 0.3) is 0 Å². The third-order valence-corrected chi connectivity index (χ3v) is 3.24. The molecule has 104 valence electrons. The van der Waals surface area contributed by atoms with E-state index in [0.29, 0.717) is 12.1 Å². The third kappa shape index (κ3) is 3.85. The number of hydrogen-bond donors (Lipinski definition) is 2. The van der Waals surface area contributed by atoms with E-state index in [2.05, 4.69) is 11.4 Å². The van der Waals surface area contributed by atoms with Gasteiger partial charge in [-0.3, -0.25) is 4.79 Å². The van der Waals surface area contributed by atoms with Gasteiger partial charge in [0.15, 0.2) is 0 Å². The molecule has 3 heteroatoms. The molecule has 3 nitrogen and oxygen atoms in total. The summed E-state index contributed by atoms with van der Waals surface area (Å²) >= 11 is 0. The van der Waals surface area contributed by atoms with Crippen LogP contribution in [0.4, 0.5) is 5.69 Å². The summed E-state index contributed by atoms with van der Waals surface area (Å²) in [4.78, 5) is 12.0. The van der Waals surface area contributed by atoms with Crippen molar-refractivity contribution in [2.45, 2.75) is 26.3 Å². The first-order chi connectivity index (χ1) is 9.54. The van der Waals surface area contributed by atoms with Crippen LogP contribution < -0.4 is 11.1 Å². The van der Waals surface area contributed by atoms with Gasteiger partial charge in [-0.1, -0.05) is 42.0 Å². The van der Waals surface area contributed by atoms with Crippen LogP contribution in [0.1, 0.15) is 29.7 Å². The van der Waals surface area contributed by atoms with Crippen molar-refractivity contribution in [3.8, 4) is 0 Å². The predicted octanol–water partition coefficient (Wildman–Crippen LogP) is 3.00. The summed E-state index contributed by atoms with van der Waals surface area (Å²) in [6.07, 6.45) is 0.348. The van der Waals surface area contributed by atoms with Crippen molar-refractivity contribution in [1.82, 2.24) is 5.32 Å². The molecule has 2 rings (SSSR count). The molecule has 0 heterocycles. The van der Waals surface area contributed by atoms with E-state index in [0.717, 1.165) is 11.1 Å². The second-order valence-electron chi connectivity index (χ2n) is 5.13. The van der Waals surface area contributed by atoms with E-state index in [1.165, 1.54) is 5.56 Å². The van der Waals surface area contributed by atoms with Crippen LogP contribution in [0.25, 0.3) is 0 Å². The Labute approximate surface area is 119 Å². The number of amides is 1. The number of anilines is 1. The summed E-state index contributed by atoms with van der Waals surface area (Å²) in [6.45, 7) is 4.04. The Balaban J connectivity index is 1.97. The minimum atomic E-state index is 0.00320. The van der Waals surface area contributed by atoms with Crippen molar-refractivity contribution in [3.63, 3.8) is 0 Å². The van der Waals surface area contributed by atoms with Crippen molar-refractivity contribution >= 4 is 11.6 Å². The van der Waals surface area contributed by atoms with Crippen LogP contribution in [0.3, 0.4) is 0 Å². The van der Waals surface area contributed by atoms with Gasteiger partial charge in [-0.2, -0.15) is 0 Å². The van der Waals surface area contributed by atoms with Gasteiger partial charge >= 0.3 is 0 Å². The summed E-state index contributed by atoms with van der Waals surface area (Å²) in [5.74, 6) is 0.00426. The number of nitrogen functional groups attached to an aromatic ring is 1. The highest BCUT2D eigenvalue weighted by Crippen LogP contribution is 2.14. The highest BCUT2D eigenvalue weighted by atomic mass is 16.1. The summed E-state index contributed by atoms with van der Waals surface area (Å²) in [5.41, 5.74) is 9.63. The average Bonchev–Trinajstić information content (AvgIpc) is 2.38. The van der Waals surface area contributed by atoms with Crippen LogP contribution in [0.2, 0.25) is 0 Å². The quantitative estimate of drug-likeness (QED) is 0.837. The maximum Gasteiger partial charge on any atom is 0.224 e. The first-order valence-corrected chi connectivity index (χ1v) is 6.75. The Bertz CT molecular complexity index is 607. The fourth-order valence-electron chi connectivity index (χ4n) is 2.20. The van der Waals surface area contributed by atoms with Gasteiger partial charge in [-0.15, -0.1) is 0 Å². The summed E-state index contributed by atoms with van der Waals surface area (Å²) in [7, 11) is 0. The number of aryl methyl sites for hydroxylation is 1. The van der Waals surface area contributed by atoms with Gasteiger partial charge in [-0.05, 0) is 37.1 Å². The van der Waals surface area contributed by atoms with Gasteiger partial charge in [0, 0.05) is 5.69 Å². The van der Waals surface area contributed by atoms with E-state index in [9.17, 15) is 4.79 Å². The molecule has 20 heavy (non-hydrogen) atoms. The molecule has 1 atom stereocenters. The van der Waals surface area contributed by atoms with Crippen molar-refractivity contribution in [2.24, 2.45) is 0 Å². The molecule has 0 unspecified atom stereocenters. The van der Waals surface area contributed by atoms with Crippen LogP contribution in [0, 0.1) is 6.92 Å². The molecule has 2 aromatic carbocycles. The van der Waals surface area contributed by atoms with Gasteiger partial charge in [0.1, 0.15) is 0 Å². The largest absolute Gasteiger partial charge is 0.399 e. The lowest BCUT2D eigenvalue weighted by Crippen LogP contribution is -2.28. The SMILES string of the molecule is Cc1cccc([C@H](C)NC(=O)Cc2cccc(N)c2)c1. The highest BCUT2D eigenvalue weighted by Gasteiger charge is 2.10. The second kappa shape index (κ2) is 6.24. The van der Waals surface area contributed by atoms with Crippen molar-refractivity contribution < 1.29 is 4.79 Å². The molecule has 1 amide bonds. The number of nitrogens with two attached hydrogens (primary N) is 1. The minimum Gasteiger partial charge on any atom is -0.399 e. The Morgan fingerprint density at radius 3 is 2.65 bits per heavy atom. The lowest BCUT2D eigenvalue weighted by atomic mass is 10.1. The normalized spacial score (nSPS) is 11.9. The molecule has 0 fully saturated rings. The molecule has 0 saturated heterocycles. The molecule has 3 N–H and O–H groups in total. The van der Waals surface area contributed by atoms with Gasteiger partial charge in [0.05, 0.1) is 12.5 Å². The number of carbonyl (C=O) groups excluding carboxylic acids is 1. The van der Waals surface area contributed by atoms with Crippen molar-refractivity contribution in [1.29, 1.82) is 0 Å². The van der Waals surface area contributed by atoms with Crippen LogP contribution in [0.15, 0.2) is 48.5 Å². The smallest absolute Gasteiger partial charge is 0.224 e. The number of nitrogens with one attached hydrogen (secondary N) is 1. The molecule has 0 saturated carbocycles. The molecule has 0 aliphatic heterocycles. The fourth-order valence-corrected chi connectivity index (χ4v) is 2.20. The zero-order valence-corrected chi connectivity index (χ0v) is 11.9. The van der Waals surface area contributed by atoms with E-state index in [1.807, 2.05) is 56.3 Å². The molecule has 0 aliphatic rings. The summed E-state index contributed by atoms with van der Waals surface area (Å²) < 4.78 is 0. The number of benzene rings is 2. The minimum absolute atomic E-state index is 0.00320. The maximum absolute atomic E-state index is 12.0. The number of rotatable bonds is 4. The Morgan fingerprint density at radius 1 is 1.20 bits per heavy atom. The molecule has 0 aliphatic carbocycles. The first-order valence-electron chi connectivity index (χ1n) is 6.75. The molecule has 0 radical (unpaired) electrons. The second-order valence-corrected chi connectivity index (χ2v) is 5.13. The average molecular weight is 268 g/mol. The molecule has 0 spiro atoms. The highest BCUT2D eigenvalue weighted by molar-refractivity contribution is 5.79. The third-order valence-electron chi connectivity index (χ3n) is 3.24. The van der Waals surface area contributed by atoms with E-state index in [4.69, 9.17) is 5.73 Å². The Hall–Kier alpha value is -2.29. The zero-order chi connectivity index (χ0) is 14.5. The molecule has 0 aromatic heterocycles. The standard InChI is InChI=1S/C17H20N2O/c1-12-5-3-7-15(9-12)13(2)19-17(20)11-14-6-4-8-16(18)10-14/h3-10,13H,11,18H2,1-2H3,(H,19,20)/t13-/m0/s1. The van der Waals surface area contributed by atoms with Gasteiger partial charge < -0.3 is 11.1 Å². The predicted molar refractivity (Wildman–Crippen MR) is 82.3 cm³/mol. The van der Waals surface area contributed by atoms with Crippen LogP contribution in [-0.4, -0.2) is 5.91 Å². The Morgan fingerprint density at radius 2 is 1.95 bits per heavy atom. The number of carbonyl (C=O) groups is 1. The molecular weight excluding hydrogens is 248 g/mol. The lowest BCUT2D eigenvalue weighted by molar-refractivity contribution is -0.121. The number of hydrogen-bond acceptors (Lipinski definition) is 2. The monoisotopic (exact) mass is 268 g/mol. The van der Waals surface area contributed by atoms with E-state index in [1.54, 1.807) is 0 Å². The van der Waals surface area contributed by atoms with Gasteiger partial charge in [0.2, 0.25) is 5.91 Å². The molecule has 0 bridgehead atoms. The first kappa shape index (κ1) is 14.1. The summed E-state index contributed by atoms with van der Waals surface area (Å²) in [6, 6.07) is 15.6. The molecule has 2 aromatic rings.